The number of likely N-dealkylation sites (tertiary alicyclic amines) is 1. The smallest absolute Gasteiger partial charge is 0.175 e. The van der Waals surface area contributed by atoms with Crippen molar-refractivity contribution in [2.75, 3.05) is 20.2 Å². The molecule has 4 rings (SSSR count). The first-order valence-corrected chi connectivity index (χ1v) is 13.0. The third-order valence-corrected chi connectivity index (χ3v) is 7.42. The molecule has 9 heteroatoms. The predicted molar refractivity (Wildman–Crippen MR) is 158 cm³/mol. The topological polar surface area (TPSA) is 33.7 Å². The number of nitrogens with one attached hydrogen (secondary N) is 1. The molecule has 196 valence electrons. The molecule has 0 saturated carbocycles. The van der Waals surface area contributed by atoms with Gasteiger partial charge in [0.2, 0.25) is 0 Å². The van der Waals surface area contributed by atoms with Gasteiger partial charge in [-0.05, 0) is 82.8 Å². The Kier molecular flexibility index (Phi) is 13.2. The Labute approximate surface area is 244 Å². The van der Waals surface area contributed by atoms with Gasteiger partial charge in [-0.25, -0.2) is 0 Å². The number of rotatable bonds is 9. The summed E-state index contributed by atoms with van der Waals surface area (Å²) in [4.78, 5) is 2.53. The average molecular weight is 637 g/mol. The third kappa shape index (κ3) is 8.70. The standard InChI is InChI=1S/C27H29BrCl2N2O2.2ClH/c1-33-26-15-21(13-23(28)27(26)34-18-20-7-8-24(29)25(30)14-20)16-31-22-9-11-32(12-10-22)17-19-5-3-2-4-6-19;;/h2-8,13-15,22,31H,9-12,16-18H2,1H3;2*1H. The van der Waals surface area contributed by atoms with Gasteiger partial charge < -0.3 is 14.8 Å². The van der Waals surface area contributed by atoms with E-state index in [2.05, 4.69) is 62.5 Å². The first kappa shape index (κ1) is 31.0. The number of benzene rings is 3. The molecule has 0 amide bonds. The van der Waals surface area contributed by atoms with Crippen LogP contribution >= 0.6 is 63.9 Å². The van der Waals surface area contributed by atoms with E-state index in [0.717, 1.165) is 54.6 Å². The maximum Gasteiger partial charge on any atom is 0.175 e. The van der Waals surface area contributed by atoms with Gasteiger partial charge in [-0.3, -0.25) is 4.90 Å². The van der Waals surface area contributed by atoms with E-state index in [9.17, 15) is 0 Å². The van der Waals surface area contributed by atoms with Crippen molar-refractivity contribution >= 4 is 63.9 Å². The molecule has 1 heterocycles. The van der Waals surface area contributed by atoms with E-state index in [1.165, 1.54) is 5.56 Å². The van der Waals surface area contributed by atoms with E-state index in [0.29, 0.717) is 34.2 Å². The maximum absolute atomic E-state index is 6.12. The van der Waals surface area contributed by atoms with Crippen molar-refractivity contribution in [3.8, 4) is 11.5 Å². The summed E-state index contributed by atoms with van der Waals surface area (Å²) in [7, 11) is 1.66. The normalized spacial score (nSPS) is 14.0. The van der Waals surface area contributed by atoms with Gasteiger partial charge in [0.15, 0.2) is 11.5 Å². The van der Waals surface area contributed by atoms with Crippen LogP contribution in [0.2, 0.25) is 10.0 Å². The minimum absolute atomic E-state index is 0. The largest absolute Gasteiger partial charge is 0.493 e. The third-order valence-electron chi connectivity index (χ3n) is 6.09. The summed E-state index contributed by atoms with van der Waals surface area (Å²) in [6.45, 7) is 4.40. The SMILES string of the molecule is COc1cc(CNC2CCN(Cc3ccccc3)CC2)cc(Br)c1OCc1ccc(Cl)c(Cl)c1.Cl.Cl. The lowest BCUT2D eigenvalue weighted by Gasteiger charge is -2.32. The van der Waals surface area contributed by atoms with E-state index in [1.807, 2.05) is 18.2 Å². The van der Waals surface area contributed by atoms with Crippen LogP contribution in [0.4, 0.5) is 0 Å². The highest BCUT2D eigenvalue weighted by atomic mass is 79.9. The van der Waals surface area contributed by atoms with Crippen LogP contribution in [0.5, 0.6) is 11.5 Å². The van der Waals surface area contributed by atoms with E-state index < -0.39 is 0 Å². The van der Waals surface area contributed by atoms with Gasteiger partial charge in [0.25, 0.3) is 0 Å². The molecule has 1 saturated heterocycles. The molecule has 0 radical (unpaired) electrons. The Morgan fingerprint density at radius 1 is 0.917 bits per heavy atom. The van der Waals surface area contributed by atoms with Gasteiger partial charge in [-0.15, -0.1) is 24.8 Å². The van der Waals surface area contributed by atoms with Crippen molar-refractivity contribution < 1.29 is 9.47 Å². The average Bonchev–Trinajstić information content (AvgIpc) is 2.85. The zero-order chi connectivity index (χ0) is 23.9. The Morgan fingerprint density at radius 2 is 1.64 bits per heavy atom. The quantitative estimate of drug-likeness (QED) is 0.259. The second kappa shape index (κ2) is 15.3. The molecular formula is C27H31BrCl4N2O2. The van der Waals surface area contributed by atoms with Crippen LogP contribution in [0.25, 0.3) is 0 Å². The summed E-state index contributed by atoms with van der Waals surface area (Å²) < 4.78 is 12.5. The van der Waals surface area contributed by atoms with Gasteiger partial charge in [-0.2, -0.15) is 0 Å². The minimum atomic E-state index is 0. The molecule has 3 aromatic rings. The van der Waals surface area contributed by atoms with Crippen molar-refractivity contribution in [1.82, 2.24) is 10.2 Å². The lowest BCUT2D eigenvalue weighted by Crippen LogP contribution is -2.41. The fraction of sp³-hybridized carbons (Fsp3) is 0.333. The molecule has 0 aromatic heterocycles. The number of piperidine rings is 1. The summed E-state index contributed by atoms with van der Waals surface area (Å²) in [5.74, 6) is 1.37. The Balaban J connectivity index is 0.00000228. The summed E-state index contributed by atoms with van der Waals surface area (Å²) in [6, 6.07) is 20.8. The fourth-order valence-electron chi connectivity index (χ4n) is 4.20. The highest BCUT2D eigenvalue weighted by Crippen LogP contribution is 2.37. The zero-order valence-electron chi connectivity index (χ0n) is 20.0. The molecule has 0 atom stereocenters. The highest BCUT2D eigenvalue weighted by Gasteiger charge is 2.19. The number of ether oxygens (including phenoxy) is 2. The van der Waals surface area contributed by atoms with E-state index >= 15 is 0 Å². The van der Waals surface area contributed by atoms with Gasteiger partial charge in [0.05, 0.1) is 21.6 Å². The Morgan fingerprint density at radius 3 is 2.31 bits per heavy atom. The molecule has 1 fully saturated rings. The molecule has 1 aliphatic heterocycles. The summed E-state index contributed by atoms with van der Waals surface area (Å²) in [5, 5.41) is 4.76. The maximum atomic E-state index is 6.12. The monoisotopic (exact) mass is 634 g/mol. The number of hydrogen-bond acceptors (Lipinski definition) is 4. The number of halogens is 5. The van der Waals surface area contributed by atoms with Gasteiger partial charge in [0, 0.05) is 19.1 Å². The molecule has 1 N–H and O–H groups in total. The zero-order valence-corrected chi connectivity index (χ0v) is 24.7. The van der Waals surface area contributed by atoms with Gasteiger partial charge >= 0.3 is 0 Å². The lowest BCUT2D eigenvalue weighted by molar-refractivity contribution is 0.190. The molecule has 0 spiro atoms. The molecule has 3 aromatic carbocycles. The van der Waals surface area contributed by atoms with Crippen molar-refractivity contribution in [3.63, 3.8) is 0 Å². The first-order valence-electron chi connectivity index (χ1n) is 11.4. The Hall–Kier alpha value is -1.18. The van der Waals surface area contributed by atoms with E-state index in [1.54, 1.807) is 13.2 Å². The lowest BCUT2D eigenvalue weighted by atomic mass is 10.0. The number of hydrogen-bond donors (Lipinski definition) is 1. The van der Waals surface area contributed by atoms with Gasteiger partial charge in [0.1, 0.15) is 6.61 Å². The van der Waals surface area contributed by atoms with Crippen LogP contribution in [0.15, 0.2) is 65.1 Å². The van der Waals surface area contributed by atoms with Crippen LogP contribution in [-0.4, -0.2) is 31.1 Å². The Bertz CT molecular complexity index is 1100. The molecule has 0 aliphatic carbocycles. The molecule has 36 heavy (non-hydrogen) atoms. The highest BCUT2D eigenvalue weighted by molar-refractivity contribution is 9.10. The summed E-state index contributed by atoms with van der Waals surface area (Å²) >= 11 is 15.8. The number of nitrogens with zero attached hydrogens (tertiary/aromatic N) is 1. The summed E-state index contributed by atoms with van der Waals surface area (Å²) in [6.07, 6.45) is 2.30. The first-order chi connectivity index (χ1) is 16.5. The minimum Gasteiger partial charge on any atom is -0.493 e. The van der Waals surface area contributed by atoms with Crippen LogP contribution in [0, 0.1) is 0 Å². The fourth-order valence-corrected chi connectivity index (χ4v) is 5.12. The van der Waals surface area contributed by atoms with Crippen molar-refractivity contribution in [1.29, 1.82) is 0 Å². The molecule has 1 aliphatic rings. The van der Waals surface area contributed by atoms with Crippen molar-refractivity contribution in [3.05, 3.63) is 91.9 Å². The van der Waals surface area contributed by atoms with Crippen LogP contribution in [0.3, 0.4) is 0 Å². The second-order valence-corrected chi connectivity index (χ2v) is 10.2. The number of methoxy groups -OCH3 is 1. The molecule has 4 nitrogen and oxygen atoms in total. The van der Waals surface area contributed by atoms with Crippen LogP contribution in [0.1, 0.15) is 29.5 Å². The van der Waals surface area contributed by atoms with Crippen LogP contribution in [-0.2, 0) is 19.7 Å². The molecule has 0 unspecified atom stereocenters. The molecular weight excluding hydrogens is 606 g/mol. The van der Waals surface area contributed by atoms with E-state index in [4.69, 9.17) is 32.7 Å². The van der Waals surface area contributed by atoms with Crippen molar-refractivity contribution in [2.45, 2.75) is 38.6 Å². The van der Waals surface area contributed by atoms with Crippen LogP contribution < -0.4 is 14.8 Å². The van der Waals surface area contributed by atoms with E-state index in [-0.39, 0.29) is 24.8 Å². The predicted octanol–water partition coefficient (Wildman–Crippen LogP) is 7.94. The summed E-state index contributed by atoms with van der Waals surface area (Å²) in [5.41, 5.74) is 3.47. The molecule has 0 bridgehead atoms. The van der Waals surface area contributed by atoms with Gasteiger partial charge in [-0.1, -0.05) is 59.6 Å². The van der Waals surface area contributed by atoms with Crippen molar-refractivity contribution in [2.24, 2.45) is 0 Å². The second-order valence-electron chi connectivity index (χ2n) is 8.56.